The number of nitrogens with one attached hydrogen (secondary N) is 1. The van der Waals surface area contributed by atoms with Gasteiger partial charge in [0.1, 0.15) is 0 Å². The SMILES string of the molecule is CC(=O)c1cccc(NC(=O)[C@@H](C)OC(=O)c2ccccc2N2CCCC2=O)c1. The monoisotopic (exact) mass is 394 g/mol. The van der Waals surface area contributed by atoms with Crippen LogP contribution in [0, 0.1) is 0 Å². The number of carbonyl (C=O) groups is 4. The van der Waals surface area contributed by atoms with Crippen LogP contribution in [0.1, 0.15) is 47.4 Å². The lowest BCUT2D eigenvalue weighted by molar-refractivity contribution is -0.123. The van der Waals surface area contributed by atoms with Crippen molar-refractivity contribution >= 4 is 34.9 Å². The zero-order valence-corrected chi connectivity index (χ0v) is 16.3. The van der Waals surface area contributed by atoms with Gasteiger partial charge in [-0.15, -0.1) is 0 Å². The lowest BCUT2D eigenvalue weighted by Gasteiger charge is -2.20. The van der Waals surface area contributed by atoms with Gasteiger partial charge in [-0.1, -0.05) is 24.3 Å². The first-order valence-electron chi connectivity index (χ1n) is 9.39. The van der Waals surface area contributed by atoms with Crippen LogP contribution in [-0.2, 0) is 14.3 Å². The van der Waals surface area contributed by atoms with Crippen LogP contribution >= 0.6 is 0 Å². The zero-order chi connectivity index (χ0) is 21.0. The number of para-hydroxylation sites is 1. The Bertz CT molecular complexity index is 969. The highest BCUT2D eigenvalue weighted by molar-refractivity contribution is 6.05. The number of rotatable bonds is 6. The zero-order valence-electron chi connectivity index (χ0n) is 16.3. The molecule has 2 aromatic rings. The van der Waals surface area contributed by atoms with Gasteiger partial charge in [-0.2, -0.15) is 0 Å². The maximum absolute atomic E-state index is 12.7. The van der Waals surface area contributed by atoms with Crippen LogP contribution in [-0.4, -0.2) is 36.2 Å². The quantitative estimate of drug-likeness (QED) is 0.600. The highest BCUT2D eigenvalue weighted by Gasteiger charge is 2.27. The summed E-state index contributed by atoms with van der Waals surface area (Å²) >= 11 is 0. The van der Waals surface area contributed by atoms with Crippen molar-refractivity contribution in [1.29, 1.82) is 0 Å². The minimum atomic E-state index is -1.06. The largest absolute Gasteiger partial charge is 0.449 e. The number of amides is 2. The van der Waals surface area contributed by atoms with Gasteiger partial charge in [0.25, 0.3) is 5.91 Å². The second-order valence-corrected chi connectivity index (χ2v) is 6.84. The van der Waals surface area contributed by atoms with Crippen LogP contribution in [0.2, 0.25) is 0 Å². The summed E-state index contributed by atoms with van der Waals surface area (Å²) in [6.45, 7) is 3.45. The summed E-state index contributed by atoms with van der Waals surface area (Å²) in [5.74, 6) is -1.36. The van der Waals surface area contributed by atoms with Crippen molar-refractivity contribution in [2.24, 2.45) is 0 Å². The molecule has 2 amide bonds. The number of benzene rings is 2. The highest BCUT2D eigenvalue weighted by Crippen LogP contribution is 2.26. The van der Waals surface area contributed by atoms with E-state index in [1.54, 1.807) is 53.4 Å². The summed E-state index contributed by atoms with van der Waals surface area (Å²) in [5.41, 5.74) is 1.63. The van der Waals surface area contributed by atoms with Gasteiger partial charge in [0.15, 0.2) is 11.9 Å². The van der Waals surface area contributed by atoms with E-state index in [0.29, 0.717) is 29.9 Å². The molecule has 150 valence electrons. The lowest BCUT2D eigenvalue weighted by Crippen LogP contribution is -2.31. The molecule has 1 N–H and O–H groups in total. The topological polar surface area (TPSA) is 92.8 Å². The summed E-state index contributed by atoms with van der Waals surface area (Å²) in [6.07, 6.45) is 0.118. The second-order valence-electron chi connectivity index (χ2n) is 6.84. The van der Waals surface area contributed by atoms with Crippen molar-refractivity contribution < 1.29 is 23.9 Å². The maximum Gasteiger partial charge on any atom is 0.341 e. The van der Waals surface area contributed by atoms with E-state index >= 15 is 0 Å². The summed E-state index contributed by atoms with van der Waals surface area (Å²) in [4.78, 5) is 50.2. The summed E-state index contributed by atoms with van der Waals surface area (Å²) in [5, 5.41) is 2.64. The smallest absolute Gasteiger partial charge is 0.341 e. The molecule has 2 aromatic carbocycles. The van der Waals surface area contributed by atoms with Gasteiger partial charge >= 0.3 is 5.97 Å². The third-order valence-corrected chi connectivity index (χ3v) is 4.68. The van der Waals surface area contributed by atoms with E-state index in [1.807, 2.05) is 0 Å². The highest BCUT2D eigenvalue weighted by atomic mass is 16.5. The summed E-state index contributed by atoms with van der Waals surface area (Å²) < 4.78 is 5.33. The van der Waals surface area contributed by atoms with E-state index < -0.39 is 18.0 Å². The van der Waals surface area contributed by atoms with E-state index in [0.717, 1.165) is 6.42 Å². The molecule has 29 heavy (non-hydrogen) atoms. The van der Waals surface area contributed by atoms with Crippen molar-refractivity contribution in [3.05, 3.63) is 59.7 Å². The number of Topliss-reactive ketones (excluding diaryl/α,β-unsaturated/α-hetero) is 1. The number of ketones is 1. The minimum Gasteiger partial charge on any atom is -0.449 e. The minimum absolute atomic E-state index is 0.0404. The molecule has 0 bridgehead atoms. The van der Waals surface area contributed by atoms with E-state index in [4.69, 9.17) is 4.74 Å². The summed E-state index contributed by atoms with van der Waals surface area (Å²) in [6, 6.07) is 13.2. The fourth-order valence-corrected chi connectivity index (χ4v) is 3.12. The predicted octanol–water partition coefficient (Wildman–Crippen LogP) is 3.20. The van der Waals surface area contributed by atoms with Crippen LogP contribution in [0.5, 0.6) is 0 Å². The summed E-state index contributed by atoms with van der Waals surface area (Å²) in [7, 11) is 0. The van der Waals surface area contributed by atoms with Gasteiger partial charge in [0.05, 0.1) is 11.3 Å². The van der Waals surface area contributed by atoms with Gasteiger partial charge in [0, 0.05) is 24.2 Å². The molecule has 7 nitrogen and oxygen atoms in total. The van der Waals surface area contributed by atoms with E-state index in [1.165, 1.54) is 13.8 Å². The molecule has 0 unspecified atom stereocenters. The molecule has 0 spiro atoms. The fraction of sp³-hybridized carbons (Fsp3) is 0.273. The van der Waals surface area contributed by atoms with E-state index in [2.05, 4.69) is 5.32 Å². The molecule has 0 saturated carbocycles. The second kappa shape index (κ2) is 8.68. The molecule has 1 aliphatic heterocycles. The number of anilines is 2. The van der Waals surface area contributed by atoms with E-state index in [-0.39, 0.29) is 17.3 Å². The van der Waals surface area contributed by atoms with Crippen molar-refractivity contribution in [2.45, 2.75) is 32.8 Å². The van der Waals surface area contributed by atoms with Crippen LogP contribution in [0.25, 0.3) is 0 Å². The Morgan fingerprint density at radius 3 is 2.55 bits per heavy atom. The molecule has 1 fully saturated rings. The van der Waals surface area contributed by atoms with E-state index in [9.17, 15) is 19.2 Å². The number of esters is 1. The maximum atomic E-state index is 12.7. The van der Waals surface area contributed by atoms with Gasteiger partial charge in [-0.05, 0) is 44.5 Å². The number of carbonyl (C=O) groups excluding carboxylic acids is 4. The third-order valence-electron chi connectivity index (χ3n) is 4.68. The average Bonchev–Trinajstić information content (AvgIpc) is 3.13. The van der Waals surface area contributed by atoms with Crippen LogP contribution in [0.4, 0.5) is 11.4 Å². The normalized spacial score (nSPS) is 14.4. The Balaban J connectivity index is 1.69. The third kappa shape index (κ3) is 4.68. The molecular formula is C22H22N2O5. The van der Waals surface area contributed by atoms with Crippen molar-refractivity contribution in [2.75, 3.05) is 16.8 Å². The molecule has 7 heteroatoms. The first kappa shape index (κ1) is 20.3. The molecule has 1 atom stereocenters. The Kier molecular flexibility index (Phi) is 6.07. The average molecular weight is 394 g/mol. The molecule has 0 aromatic heterocycles. The molecule has 1 aliphatic rings. The Hall–Kier alpha value is -3.48. The van der Waals surface area contributed by atoms with Crippen LogP contribution in [0.15, 0.2) is 48.5 Å². The Morgan fingerprint density at radius 2 is 1.86 bits per heavy atom. The Morgan fingerprint density at radius 1 is 1.10 bits per heavy atom. The number of ether oxygens (including phenoxy) is 1. The van der Waals surface area contributed by atoms with Crippen molar-refractivity contribution in [3.63, 3.8) is 0 Å². The standard InChI is InChI=1S/C22H22N2O5/c1-14(25)16-7-5-8-17(13-16)23-21(27)15(2)29-22(28)18-9-3-4-10-19(18)24-12-6-11-20(24)26/h3-5,7-10,13,15H,6,11-12H2,1-2H3,(H,23,27)/t15-/m1/s1. The fourth-order valence-electron chi connectivity index (χ4n) is 3.12. The molecule has 0 aliphatic carbocycles. The van der Waals surface area contributed by atoms with Crippen molar-refractivity contribution in [1.82, 2.24) is 0 Å². The van der Waals surface area contributed by atoms with Gasteiger partial charge in [-0.3, -0.25) is 14.4 Å². The van der Waals surface area contributed by atoms with Crippen LogP contribution in [0.3, 0.4) is 0 Å². The van der Waals surface area contributed by atoms with Gasteiger partial charge < -0.3 is 15.0 Å². The first-order valence-corrected chi connectivity index (χ1v) is 9.39. The van der Waals surface area contributed by atoms with Crippen LogP contribution < -0.4 is 10.2 Å². The number of hydrogen-bond donors (Lipinski definition) is 1. The molecule has 0 radical (unpaired) electrons. The Labute approximate surface area is 168 Å². The molecule has 1 saturated heterocycles. The molecule has 3 rings (SSSR count). The lowest BCUT2D eigenvalue weighted by atomic mass is 10.1. The molecule has 1 heterocycles. The number of nitrogens with zero attached hydrogens (tertiary/aromatic N) is 1. The first-order chi connectivity index (χ1) is 13.9. The van der Waals surface area contributed by atoms with Gasteiger partial charge in [-0.25, -0.2) is 4.79 Å². The van der Waals surface area contributed by atoms with Gasteiger partial charge in [0.2, 0.25) is 5.91 Å². The molecular weight excluding hydrogens is 372 g/mol. The van der Waals surface area contributed by atoms with Crippen molar-refractivity contribution in [3.8, 4) is 0 Å². The number of hydrogen-bond acceptors (Lipinski definition) is 5. The predicted molar refractivity (Wildman–Crippen MR) is 108 cm³/mol.